The zero-order valence-electron chi connectivity index (χ0n) is 11.5. The first-order valence-corrected chi connectivity index (χ1v) is 7.61. The monoisotopic (exact) mass is 280 g/mol. The SMILES string of the molecule is COC1(CC(Cl)c2ccc3c(c2)CCCO3)CCC1. The molecule has 0 spiro atoms. The summed E-state index contributed by atoms with van der Waals surface area (Å²) in [5.74, 6) is 1.03. The van der Waals surface area contributed by atoms with Crippen LogP contribution in [0.1, 0.15) is 48.6 Å². The summed E-state index contributed by atoms with van der Waals surface area (Å²) in [6.07, 6.45) is 6.65. The second kappa shape index (κ2) is 5.34. The summed E-state index contributed by atoms with van der Waals surface area (Å²) < 4.78 is 11.3. The molecule has 0 radical (unpaired) electrons. The molecule has 2 nitrogen and oxygen atoms in total. The molecule has 104 valence electrons. The van der Waals surface area contributed by atoms with Gasteiger partial charge in [0, 0.05) is 7.11 Å². The van der Waals surface area contributed by atoms with E-state index in [9.17, 15) is 0 Å². The van der Waals surface area contributed by atoms with Crippen LogP contribution in [0.3, 0.4) is 0 Å². The predicted octanol–water partition coefficient (Wildman–Crippen LogP) is 4.25. The molecular weight excluding hydrogens is 260 g/mol. The van der Waals surface area contributed by atoms with E-state index in [2.05, 4.69) is 18.2 Å². The van der Waals surface area contributed by atoms with Crippen LogP contribution in [-0.4, -0.2) is 19.3 Å². The van der Waals surface area contributed by atoms with Gasteiger partial charge in [0.1, 0.15) is 5.75 Å². The lowest BCUT2D eigenvalue weighted by Gasteiger charge is -2.42. The lowest BCUT2D eigenvalue weighted by molar-refractivity contribution is -0.0780. The van der Waals surface area contributed by atoms with Gasteiger partial charge in [0.2, 0.25) is 0 Å². The highest BCUT2D eigenvalue weighted by Crippen LogP contribution is 2.44. The van der Waals surface area contributed by atoms with Gasteiger partial charge in [-0.25, -0.2) is 0 Å². The van der Waals surface area contributed by atoms with Gasteiger partial charge in [-0.15, -0.1) is 11.6 Å². The molecule has 0 bridgehead atoms. The van der Waals surface area contributed by atoms with Gasteiger partial charge in [-0.1, -0.05) is 12.1 Å². The average molecular weight is 281 g/mol. The molecule has 0 amide bonds. The summed E-state index contributed by atoms with van der Waals surface area (Å²) in [6.45, 7) is 0.837. The Bertz CT molecular complexity index is 449. The molecule has 0 aromatic heterocycles. The van der Waals surface area contributed by atoms with Crippen LogP contribution in [0.5, 0.6) is 5.75 Å². The second-order valence-corrected chi connectivity index (χ2v) is 6.26. The number of rotatable bonds is 4. The van der Waals surface area contributed by atoms with Gasteiger partial charge in [0.15, 0.2) is 0 Å². The Kier molecular flexibility index (Phi) is 3.72. The van der Waals surface area contributed by atoms with E-state index in [0.717, 1.165) is 44.5 Å². The second-order valence-electron chi connectivity index (χ2n) is 5.73. The van der Waals surface area contributed by atoms with E-state index in [4.69, 9.17) is 21.1 Å². The zero-order chi connectivity index (χ0) is 13.3. The molecule has 1 heterocycles. The van der Waals surface area contributed by atoms with E-state index in [1.807, 2.05) is 7.11 Å². The lowest BCUT2D eigenvalue weighted by Crippen LogP contribution is -2.39. The van der Waals surface area contributed by atoms with Crippen LogP contribution in [0, 0.1) is 0 Å². The number of fused-ring (bicyclic) bond motifs is 1. The van der Waals surface area contributed by atoms with Crippen LogP contribution in [0.2, 0.25) is 0 Å². The number of hydrogen-bond acceptors (Lipinski definition) is 2. The van der Waals surface area contributed by atoms with Crippen molar-refractivity contribution in [1.29, 1.82) is 0 Å². The van der Waals surface area contributed by atoms with E-state index in [0.29, 0.717) is 0 Å². The molecule has 1 saturated carbocycles. The average Bonchev–Trinajstić information content (AvgIpc) is 2.42. The molecule has 1 atom stereocenters. The maximum absolute atomic E-state index is 6.60. The van der Waals surface area contributed by atoms with Crippen LogP contribution in [-0.2, 0) is 11.2 Å². The Morgan fingerprint density at radius 2 is 2.21 bits per heavy atom. The molecular formula is C16H21ClO2. The first kappa shape index (κ1) is 13.3. The highest BCUT2D eigenvalue weighted by molar-refractivity contribution is 6.20. The van der Waals surface area contributed by atoms with E-state index >= 15 is 0 Å². The fourth-order valence-electron chi connectivity index (χ4n) is 3.08. The van der Waals surface area contributed by atoms with Crippen molar-refractivity contribution in [1.82, 2.24) is 0 Å². The van der Waals surface area contributed by atoms with Crippen LogP contribution in [0.15, 0.2) is 18.2 Å². The summed E-state index contributed by atoms with van der Waals surface area (Å²) in [7, 11) is 1.81. The molecule has 1 aromatic carbocycles. The number of alkyl halides is 1. The van der Waals surface area contributed by atoms with Crippen molar-refractivity contribution in [2.45, 2.75) is 49.5 Å². The van der Waals surface area contributed by atoms with Crippen LogP contribution < -0.4 is 4.74 Å². The summed E-state index contributed by atoms with van der Waals surface area (Å²) in [4.78, 5) is 0. The number of ether oxygens (including phenoxy) is 2. The largest absolute Gasteiger partial charge is 0.493 e. The fourth-order valence-corrected chi connectivity index (χ4v) is 3.50. The van der Waals surface area contributed by atoms with Crippen LogP contribution in [0.25, 0.3) is 0 Å². The Hall–Kier alpha value is -0.730. The number of hydrogen-bond donors (Lipinski definition) is 0. The Labute approximate surface area is 120 Å². The minimum absolute atomic E-state index is 0.0266. The minimum atomic E-state index is 0.0266. The maximum atomic E-state index is 6.60. The van der Waals surface area contributed by atoms with Crippen molar-refractivity contribution in [2.24, 2.45) is 0 Å². The normalized spacial score (nSPS) is 22.0. The molecule has 19 heavy (non-hydrogen) atoms. The summed E-state index contributed by atoms with van der Waals surface area (Å²) in [6, 6.07) is 6.39. The molecule has 2 aliphatic rings. The summed E-state index contributed by atoms with van der Waals surface area (Å²) in [5, 5.41) is 0.0347. The van der Waals surface area contributed by atoms with Gasteiger partial charge in [-0.2, -0.15) is 0 Å². The standard InChI is InChI=1S/C16H21ClO2/c1-18-16(7-3-8-16)11-14(17)12-5-6-15-13(10-12)4-2-9-19-15/h5-6,10,14H,2-4,7-9,11H2,1H3. The van der Waals surface area contributed by atoms with Crippen molar-refractivity contribution in [3.63, 3.8) is 0 Å². The van der Waals surface area contributed by atoms with Crippen molar-refractivity contribution < 1.29 is 9.47 Å². The summed E-state index contributed by atoms with van der Waals surface area (Å²) in [5.41, 5.74) is 2.53. The Morgan fingerprint density at radius 3 is 2.89 bits per heavy atom. The van der Waals surface area contributed by atoms with Crippen LogP contribution in [0.4, 0.5) is 0 Å². The summed E-state index contributed by atoms with van der Waals surface area (Å²) >= 11 is 6.60. The van der Waals surface area contributed by atoms with Crippen LogP contribution >= 0.6 is 11.6 Å². The molecule has 1 aliphatic carbocycles. The third kappa shape index (κ3) is 2.61. The van der Waals surface area contributed by atoms with Crippen molar-refractivity contribution in [3.05, 3.63) is 29.3 Å². The third-order valence-corrected chi connectivity index (χ3v) is 4.95. The molecule has 1 aromatic rings. The van der Waals surface area contributed by atoms with Crippen molar-refractivity contribution >= 4 is 11.6 Å². The Morgan fingerprint density at radius 1 is 1.37 bits per heavy atom. The molecule has 0 saturated heterocycles. The molecule has 3 rings (SSSR count). The molecule has 0 N–H and O–H groups in total. The Balaban J connectivity index is 1.74. The number of benzene rings is 1. The molecule has 3 heteroatoms. The van der Waals surface area contributed by atoms with Gasteiger partial charge in [0.25, 0.3) is 0 Å². The quantitative estimate of drug-likeness (QED) is 0.768. The predicted molar refractivity (Wildman–Crippen MR) is 77.1 cm³/mol. The van der Waals surface area contributed by atoms with Gasteiger partial charge in [-0.3, -0.25) is 0 Å². The van der Waals surface area contributed by atoms with Gasteiger partial charge < -0.3 is 9.47 Å². The molecule has 1 fully saturated rings. The lowest BCUT2D eigenvalue weighted by atomic mass is 9.76. The number of halogens is 1. The maximum Gasteiger partial charge on any atom is 0.122 e. The first-order valence-electron chi connectivity index (χ1n) is 7.17. The number of methoxy groups -OCH3 is 1. The molecule has 1 aliphatic heterocycles. The van der Waals surface area contributed by atoms with E-state index in [1.54, 1.807) is 0 Å². The number of aryl methyl sites for hydroxylation is 1. The fraction of sp³-hybridized carbons (Fsp3) is 0.625. The van der Waals surface area contributed by atoms with Gasteiger partial charge >= 0.3 is 0 Å². The third-order valence-electron chi connectivity index (χ3n) is 4.54. The highest BCUT2D eigenvalue weighted by Gasteiger charge is 2.39. The zero-order valence-corrected chi connectivity index (χ0v) is 12.2. The van der Waals surface area contributed by atoms with Gasteiger partial charge in [-0.05, 0) is 55.7 Å². The smallest absolute Gasteiger partial charge is 0.122 e. The first-order chi connectivity index (χ1) is 9.22. The topological polar surface area (TPSA) is 18.5 Å². The van der Waals surface area contributed by atoms with E-state index < -0.39 is 0 Å². The van der Waals surface area contributed by atoms with Crippen molar-refractivity contribution in [2.75, 3.05) is 13.7 Å². The van der Waals surface area contributed by atoms with Gasteiger partial charge in [0.05, 0.1) is 17.6 Å². The minimum Gasteiger partial charge on any atom is -0.493 e. The van der Waals surface area contributed by atoms with E-state index in [-0.39, 0.29) is 11.0 Å². The van der Waals surface area contributed by atoms with Crippen molar-refractivity contribution in [3.8, 4) is 5.75 Å². The van der Waals surface area contributed by atoms with E-state index in [1.165, 1.54) is 17.5 Å². The highest BCUT2D eigenvalue weighted by atomic mass is 35.5. The molecule has 1 unspecified atom stereocenters.